The number of hydrogen-bond acceptors (Lipinski definition) is 7. The van der Waals surface area contributed by atoms with Gasteiger partial charge in [0.05, 0.1) is 36.0 Å². The third kappa shape index (κ3) is 4.23. The molecule has 1 aliphatic rings. The van der Waals surface area contributed by atoms with Gasteiger partial charge in [0.15, 0.2) is 11.5 Å². The van der Waals surface area contributed by atoms with Gasteiger partial charge in [0, 0.05) is 36.2 Å². The zero-order chi connectivity index (χ0) is 25.5. The van der Waals surface area contributed by atoms with Crippen molar-refractivity contribution in [1.82, 2.24) is 29.1 Å². The number of rotatable bonds is 5. The van der Waals surface area contributed by atoms with Crippen molar-refractivity contribution in [3.63, 3.8) is 0 Å². The van der Waals surface area contributed by atoms with Gasteiger partial charge in [-0.25, -0.2) is 18.7 Å². The largest absolute Gasteiger partial charge is 0.379 e. The van der Waals surface area contributed by atoms with Crippen molar-refractivity contribution >= 4 is 11.6 Å². The highest BCUT2D eigenvalue weighted by atomic mass is 19.1. The third-order valence-electron chi connectivity index (χ3n) is 6.36. The highest BCUT2D eigenvalue weighted by Crippen LogP contribution is 2.35. The number of aromatic nitrogens is 6. The van der Waals surface area contributed by atoms with E-state index in [4.69, 9.17) is 10.5 Å². The summed E-state index contributed by atoms with van der Waals surface area (Å²) in [6.45, 7) is 1.02. The van der Waals surface area contributed by atoms with Crippen molar-refractivity contribution in [3.05, 3.63) is 94.4 Å². The molecule has 6 rings (SSSR count). The number of nitrogens with zero attached hydrogens (tertiary/aromatic N) is 6. The molecule has 1 saturated heterocycles. The molecular formula is C26H21F2N7O2. The highest BCUT2D eigenvalue weighted by Gasteiger charge is 2.23. The second-order valence-electron chi connectivity index (χ2n) is 8.75. The Morgan fingerprint density at radius 2 is 1.86 bits per heavy atom. The van der Waals surface area contributed by atoms with Gasteiger partial charge in [-0.2, -0.15) is 4.52 Å². The van der Waals surface area contributed by atoms with Crippen LogP contribution in [0.15, 0.2) is 65.7 Å². The first-order chi connectivity index (χ1) is 18.0. The minimum atomic E-state index is -0.467. The zero-order valence-electron chi connectivity index (χ0n) is 19.5. The fourth-order valence-corrected chi connectivity index (χ4v) is 4.53. The van der Waals surface area contributed by atoms with Crippen molar-refractivity contribution in [2.45, 2.75) is 18.9 Å². The summed E-state index contributed by atoms with van der Waals surface area (Å²) in [6, 6.07) is 11.7. The maximum Gasteiger partial charge on any atom is 0.250 e. The monoisotopic (exact) mass is 501 g/mol. The van der Waals surface area contributed by atoms with E-state index >= 15 is 0 Å². The zero-order valence-corrected chi connectivity index (χ0v) is 19.5. The second kappa shape index (κ2) is 9.17. The molecule has 0 saturated carbocycles. The Hall–Kier alpha value is -4.51. The first-order valence-electron chi connectivity index (χ1n) is 11.7. The normalized spacial score (nSPS) is 15.5. The number of hydrogen-bond donors (Lipinski definition) is 1. The van der Waals surface area contributed by atoms with Crippen LogP contribution in [-0.4, -0.2) is 42.3 Å². The molecule has 37 heavy (non-hydrogen) atoms. The number of nitrogen functional groups attached to an aromatic ring is 1. The Balaban J connectivity index is 1.58. The Bertz CT molecular complexity index is 1680. The van der Waals surface area contributed by atoms with Gasteiger partial charge in [-0.3, -0.25) is 9.78 Å². The van der Waals surface area contributed by atoms with Crippen LogP contribution in [0.4, 0.5) is 14.7 Å². The lowest BCUT2D eigenvalue weighted by Gasteiger charge is -2.16. The molecule has 186 valence electrons. The minimum absolute atomic E-state index is 0.0397. The summed E-state index contributed by atoms with van der Waals surface area (Å²) < 4.78 is 36.5. The molecule has 0 amide bonds. The van der Waals surface area contributed by atoms with Crippen molar-refractivity contribution in [2.24, 2.45) is 0 Å². The minimum Gasteiger partial charge on any atom is -0.379 e. The fourth-order valence-electron chi connectivity index (χ4n) is 4.53. The average Bonchev–Trinajstić information content (AvgIpc) is 3.57. The van der Waals surface area contributed by atoms with Crippen molar-refractivity contribution in [2.75, 3.05) is 18.9 Å². The summed E-state index contributed by atoms with van der Waals surface area (Å²) in [5.41, 5.74) is 8.92. The van der Waals surface area contributed by atoms with E-state index in [0.717, 1.165) is 0 Å². The number of nitrogens with two attached hydrogens (primary N) is 1. The molecule has 5 aromatic rings. The van der Waals surface area contributed by atoms with Crippen LogP contribution in [0.1, 0.15) is 24.0 Å². The standard InChI is InChI=1S/C26H21F2N7O2/c27-17-6-3-15(4-7-17)24-23(16-5-8-22(36)34(13-16)18-9-11-37-14-18)25-31-21(33-35(25)26(29)32-24)12-20-19(28)2-1-10-30-20/h1-8,10,13,18H,9,11-12,14H2,(H2,29,32)/t18-/m0/s1. The number of ether oxygens (including phenoxy) is 1. The molecule has 1 aromatic carbocycles. The molecule has 0 radical (unpaired) electrons. The molecule has 0 spiro atoms. The van der Waals surface area contributed by atoms with Gasteiger partial charge >= 0.3 is 0 Å². The summed E-state index contributed by atoms with van der Waals surface area (Å²) in [5, 5.41) is 4.46. The summed E-state index contributed by atoms with van der Waals surface area (Å²) >= 11 is 0. The van der Waals surface area contributed by atoms with Gasteiger partial charge in [-0.15, -0.1) is 5.10 Å². The van der Waals surface area contributed by atoms with Gasteiger partial charge in [0.1, 0.15) is 11.6 Å². The van der Waals surface area contributed by atoms with Crippen molar-refractivity contribution in [3.8, 4) is 22.4 Å². The van der Waals surface area contributed by atoms with Crippen LogP contribution >= 0.6 is 0 Å². The van der Waals surface area contributed by atoms with Crippen LogP contribution in [0, 0.1) is 11.6 Å². The molecule has 0 aliphatic carbocycles. The highest BCUT2D eigenvalue weighted by molar-refractivity contribution is 5.90. The van der Waals surface area contributed by atoms with Crippen LogP contribution in [-0.2, 0) is 11.2 Å². The SMILES string of the molecule is Nc1nc(-c2ccc(F)cc2)c(-c2ccc(=O)n([C@H]3CCOC3)c2)c2nc(Cc3ncccc3F)nn12. The maximum atomic E-state index is 14.3. The third-order valence-corrected chi connectivity index (χ3v) is 6.36. The van der Waals surface area contributed by atoms with E-state index in [0.29, 0.717) is 53.5 Å². The van der Waals surface area contributed by atoms with Crippen LogP contribution < -0.4 is 11.3 Å². The predicted octanol–water partition coefficient (Wildman–Crippen LogP) is 3.43. The van der Waals surface area contributed by atoms with E-state index in [1.807, 2.05) is 0 Å². The first-order valence-corrected chi connectivity index (χ1v) is 11.7. The predicted molar refractivity (Wildman–Crippen MR) is 132 cm³/mol. The molecule has 1 atom stereocenters. The molecule has 4 aromatic heterocycles. The Morgan fingerprint density at radius 1 is 1.05 bits per heavy atom. The number of halogens is 2. The summed E-state index contributed by atoms with van der Waals surface area (Å²) in [5.74, 6) is -0.515. The molecule has 2 N–H and O–H groups in total. The smallest absolute Gasteiger partial charge is 0.250 e. The van der Waals surface area contributed by atoms with Crippen molar-refractivity contribution < 1.29 is 13.5 Å². The van der Waals surface area contributed by atoms with E-state index in [-0.39, 0.29) is 29.7 Å². The van der Waals surface area contributed by atoms with Crippen LogP contribution in [0.3, 0.4) is 0 Å². The van der Waals surface area contributed by atoms with Crippen LogP contribution in [0.25, 0.3) is 28.0 Å². The lowest BCUT2D eigenvalue weighted by atomic mass is 10.0. The lowest BCUT2D eigenvalue weighted by Crippen LogP contribution is -2.24. The van der Waals surface area contributed by atoms with Gasteiger partial charge in [-0.05, 0) is 48.9 Å². The molecule has 1 fully saturated rings. The molecule has 1 aliphatic heterocycles. The molecule has 11 heteroatoms. The van der Waals surface area contributed by atoms with E-state index in [1.165, 1.54) is 41.0 Å². The second-order valence-corrected chi connectivity index (χ2v) is 8.75. The maximum absolute atomic E-state index is 14.3. The summed E-state index contributed by atoms with van der Waals surface area (Å²) in [6.07, 6.45) is 4.00. The first kappa shape index (κ1) is 22.9. The van der Waals surface area contributed by atoms with Crippen LogP contribution in [0.2, 0.25) is 0 Å². The van der Waals surface area contributed by atoms with Crippen LogP contribution in [0.5, 0.6) is 0 Å². The molecule has 9 nitrogen and oxygen atoms in total. The van der Waals surface area contributed by atoms with E-state index < -0.39 is 11.6 Å². The van der Waals surface area contributed by atoms with E-state index in [1.54, 1.807) is 29.0 Å². The molecule has 0 unspecified atom stereocenters. The van der Waals surface area contributed by atoms with E-state index in [2.05, 4.69) is 20.1 Å². The van der Waals surface area contributed by atoms with Gasteiger partial charge in [0.25, 0.3) is 5.56 Å². The van der Waals surface area contributed by atoms with E-state index in [9.17, 15) is 13.6 Å². The molecule has 0 bridgehead atoms. The summed E-state index contributed by atoms with van der Waals surface area (Å²) in [4.78, 5) is 26.0. The Morgan fingerprint density at radius 3 is 2.62 bits per heavy atom. The summed E-state index contributed by atoms with van der Waals surface area (Å²) in [7, 11) is 0. The molecule has 5 heterocycles. The fraction of sp³-hybridized carbons (Fsp3) is 0.192. The quantitative estimate of drug-likeness (QED) is 0.393. The Kier molecular flexibility index (Phi) is 5.68. The topological polar surface area (TPSA) is 113 Å². The number of pyridine rings is 2. The number of benzene rings is 1. The van der Waals surface area contributed by atoms with Gasteiger partial charge in [0.2, 0.25) is 5.95 Å². The molecular weight excluding hydrogens is 480 g/mol. The van der Waals surface area contributed by atoms with Crippen molar-refractivity contribution in [1.29, 1.82) is 0 Å². The average molecular weight is 501 g/mol. The lowest BCUT2D eigenvalue weighted by molar-refractivity contribution is 0.186. The number of fused-ring (bicyclic) bond motifs is 1. The van der Waals surface area contributed by atoms with Gasteiger partial charge in [-0.1, -0.05) is 0 Å². The Labute approximate surface area is 209 Å². The van der Waals surface area contributed by atoms with Gasteiger partial charge < -0.3 is 15.0 Å². The number of anilines is 1.